The second kappa shape index (κ2) is 2.47. The lowest BCUT2D eigenvalue weighted by atomic mass is 9.63. The highest BCUT2D eigenvalue weighted by Gasteiger charge is 2.51. The predicted molar refractivity (Wildman–Crippen MR) is 52.1 cm³/mol. The summed E-state index contributed by atoms with van der Waals surface area (Å²) < 4.78 is 0. The molecule has 1 nitrogen and oxygen atoms in total. The van der Waals surface area contributed by atoms with E-state index in [1.54, 1.807) is 0 Å². The Morgan fingerprint density at radius 3 is 2.25 bits per heavy atom. The fraction of sp³-hybridized carbons (Fsp3) is 1.00. The summed E-state index contributed by atoms with van der Waals surface area (Å²) in [7, 11) is 0. The Morgan fingerprint density at radius 2 is 1.92 bits per heavy atom. The summed E-state index contributed by atoms with van der Waals surface area (Å²) in [4.78, 5) is 0. The molecule has 0 bridgehead atoms. The first-order valence-corrected chi connectivity index (χ1v) is 5.25. The van der Waals surface area contributed by atoms with Gasteiger partial charge >= 0.3 is 0 Å². The first kappa shape index (κ1) is 8.55. The van der Waals surface area contributed by atoms with E-state index >= 15 is 0 Å². The van der Waals surface area contributed by atoms with Gasteiger partial charge in [0.15, 0.2) is 0 Å². The first-order chi connectivity index (χ1) is 5.55. The third-order valence-electron chi connectivity index (χ3n) is 3.91. The zero-order valence-electron chi connectivity index (χ0n) is 8.61. The summed E-state index contributed by atoms with van der Waals surface area (Å²) >= 11 is 0. The SMILES string of the molecule is CC(C)(C)C1CCCC12CNC2. The van der Waals surface area contributed by atoms with Crippen LogP contribution < -0.4 is 5.32 Å². The molecule has 0 aromatic rings. The molecular formula is C11H21N. The second-order valence-electron chi connectivity index (χ2n) is 5.78. The van der Waals surface area contributed by atoms with Gasteiger partial charge in [-0.15, -0.1) is 0 Å². The lowest BCUT2D eigenvalue weighted by molar-refractivity contribution is 0.0358. The van der Waals surface area contributed by atoms with Crippen molar-refractivity contribution in [3.05, 3.63) is 0 Å². The minimum absolute atomic E-state index is 0.526. The maximum Gasteiger partial charge on any atom is 0.00231 e. The van der Waals surface area contributed by atoms with Gasteiger partial charge in [-0.2, -0.15) is 0 Å². The molecule has 1 N–H and O–H groups in total. The van der Waals surface area contributed by atoms with Crippen molar-refractivity contribution in [3.63, 3.8) is 0 Å². The summed E-state index contributed by atoms with van der Waals surface area (Å²) in [5.41, 5.74) is 1.23. The topological polar surface area (TPSA) is 12.0 Å². The monoisotopic (exact) mass is 167 g/mol. The van der Waals surface area contributed by atoms with Crippen molar-refractivity contribution in [3.8, 4) is 0 Å². The van der Waals surface area contributed by atoms with Crippen LogP contribution in [0, 0.1) is 16.7 Å². The molecule has 1 heterocycles. The molecule has 1 spiro atoms. The highest BCUT2D eigenvalue weighted by Crippen LogP contribution is 2.53. The van der Waals surface area contributed by atoms with Crippen LogP contribution in [0.15, 0.2) is 0 Å². The van der Waals surface area contributed by atoms with Gasteiger partial charge in [-0.3, -0.25) is 0 Å². The van der Waals surface area contributed by atoms with Gasteiger partial charge in [-0.1, -0.05) is 27.2 Å². The smallest absolute Gasteiger partial charge is 0.00231 e. The highest BCUT2D eigenvalue weighted by atomic mass is 15.0. The molecule has 1 atom stereocenters. The van der Waals surface area contributed by atoms with Gasteiger partial charge in [0, 0.05) is 13.1 Å². The molecular weight excluding hydrogens is 146 g/mol. The number of rotatable bonds is 0. The minimum Gasteiger partial charge on any atom is -0.316 e. The van der Waals surface area contributed by atoms with E-state index in [4.69, 9.17) is 0 Å². The molecule has 0 aromatic heterocycles. The van der Waals surface area contributed by atoms with Crippen LogP contribution in [0.3, 0.4) is 0 Å². The third kappa shape index (κ3) is 1.10. The van der Waals surface area contributed by atoms with E-state index in [1.165, 1.54) is 32.4 Å². The third-order valence-corrected chi connectivity index (χ3v) is 3.91. The van der Waals surface area contributed by atoms with Crippen LogP contribution in [0.1, 0.15) is 40.0 Å². The van der Waals surface area contributed by atoms with Crippen molar-refractivity contribution in [1.82, 2.24) is 5.32 Å². The van der Waals surface area contributed by atoms with E-state index in [-0.39, 0.29) is 0 Å². The summed E-state index contributed by atoms with van der Waals surface area (Å²) in [6.07, 6.45) is 4.40. The maximum absolute atomic E-state index is 3.45. The summed E-state index contributed by atoms with van der Waals surface area (Å²) in [6.45, 7) is 9.79. The van der Waals surface area contributed by atoms with Crippen LogP contribution in [-0.4, -0.2) is 13.1 Å². The van der Waals surface area contributed by atoms with E-state index in [1.807, 2.05) is 0 Å². The van der Waals surface area contributed by atoms with Gasteiger partial charge < -0.3 is 5.32 Å². The first-order valence-electron chi connectivity index (χ1n) is 5.25. The lowest BCUT2D eigenvalue weighted by Crippen LogP contribution is -2.57. The maximum atomic E-state index is 3.45. The molecule has 1 heteroatoms. The van der Waals surface area contributed by atoms with E-state index < -0.39 is 0 Å². The Labute approximate surface area is 75.9 Å². The Hall–Kier alpha value is -0.0400. The van der Waals surface area contributed by atoms with Crippen molar-refractivity contribution >= 4 is 0 Å². The Kier molecular flexibility index (Phi) is 1.76. The molecule has 1 saturated heterocycles. The van der Waals surface area contributed by atoms with Crippen LogP contribution in [0.2, 0.25) is 0 Å². The molecule has 2 rings (SSSR count). The standard InChI is InChI=1S/C11H21N/c1-10(2,3)9-5-4-6-11(9)7-12-8-11/h9,12H,4-8H2,1-3H3. The molecule has 0 radical (unpaired) electrons. The largest absolute Gasteiger partial charge is 0.316 e. The van der Waals surface area contributed by atoms with Gasteiger partial charge in [0.05, 0.1) is 0 Å². The molecule has 70 valence electrons. The molecule has 1 unspecified atom stereocenters. The summed E-state index contributed by atoms with van der Waals surface area (Å²) in [6, 6.07) is 0. The number of hydrogen-bond acceptors (Lipinski definition) is 1. The van der Waals surface area contributed by atoms with Crippen molar-refractivity contribution in [2.45, 2.75) is 40.0 Å². The Balaban J connectivity index is 2.14. The molecule has 0 amide bonds. The van der Waals surface area contributed by atoms with Gasteiger partial charge in [0.25, 0.3) is 0 Å². The Bertz CT molecular complexity index is 174. The van der Waals surface area contributed by atoms with Crippen molar-refractivity contribution in [2.75, 3.05) is 13.1 Å². The minimum atomic E-state index is 0.526. The van der Waals surface area contributed by atoms with E-state index in [0.717, 1.165) is 5.92 Å². The average molecular weight is 167 g/mol. The quantitative estimate of drug-likeness (QED) is 0.584. The molecule has 1 aliphatic heterocycles. The van der Waals surface area contributed by atoms with Crippen LogP contribution >= 0.6 is 0 Å². The van der Waals surface area contributed by atoms with Gasteiger partial charge in [-0.25, -0.2) is 0 Å². The van der Waals surface area contributed by atoms with Gasteiger partial charge in [0.2, 0.25) is 0 Å². The molecule has 0 aromatic carbocycles. The zero-order chi connectivity index (χ0) is 8.82. The number of nitrogens with one attached hydrogen (secondary N) is 1. The summed E-state index contributed by atoms with van der Waals surface area (Å²) in [5, 5.41) is 3.45. The van der Waals surface area contributed by atoms with E-state index in [2.05, 4.69) is 26.1 Å². The zero-order valence-corrected chi connectivity index (χ0v) is 8.61. The van der Waals surface area contributed by atoms with E-state index in [9.17, 15) is 0 Å². The van der Waals surface area contributed by atoms with Crippen molar-refractivity contribution in [2.24, 2.45) is 16.7 Å². The molecule has 1 saturated carbocycles. The van der Waals surface area contributed by atoms with E-state index in [0.29, 0.717) is 10.8 Å². The fourth-order valence-corrected chi connectivity index (χ4v) is 3.36. The molecule has 2 aliphatic rings. The van der Waals surface area contributed by atoms with Crippen molar-refractivity contribution in [1.29, 1.82) is 0 Å². The second-order valence-corrected chi connectivity index (χ2v) is 5.78. The normalized spacial score (nSPS) is 33.8. The summed E-state index contributed by atoms with van der Waals surface area (Å²) in [5.74, 6) is 0.964. The van der Waals surface area contributed by atoms with Crippen LogP contribution in [0.25, 0.3) is 0 Å². The number of hydrogen-bond donors (Lipinski definition) is 1. The fourth-order valence-electron chi connectivity index (χ4n) is 3.36. The predicted octanol–water partition coefficient (Wildman–Crippen LogP) is 2.42. The average Bonchev–Trinajstić information content (AvgIpc) is 2.25. The molecule has 12 heavy (non-hydrogen) atoms. The van der Waals surface area contributed by atoms with Crippen LogP contribution in [0.5, 0.6) is 0 Å². The Morgan fingerprint density at radius 1 is 1.25 bits per heavy atom. The van der Waals surface area contributed by atoms with Crippen LogP contribution in [0.4, 0.5) is 0 Å². The van der Waals surface area contributed by atoms with Crippen molar-refractivity contribution < 1.29 is 0 Å². The molecule has 2 fully saturated rings. The van der Waals surface area contributed by atoms with Gasteiger partial charge in [-0.05, 0) is 29.6 Å². The van der Waals surface area contributed by atoms with Gasteiger partial charge in [0.1, 0.15) is 0 Å². The highest BCUT2D eigenvalue weighted by molar-refractivity contribution is 5.04. The van der Waals surface area contributed by atoms with Crippen LogP contribution in [-0.2, 0) is 0 Å². The lowest BCUT2D eigenvalue weighted by Gasteiger charge is -2.49. The molecule has 1 aliphatic carbocycles.